The van der Waals surface area contributed by atoms with E-state index in [1.165, 1.54) is 9.87 Å². The number of benzene rings is 1. The van der Waals surface area contributed by atoms with Crippen molar-refractivity contribution in [1.82, 2.24) is 9.62 Å². The Morgan fingerprint density at radius 3 is 2.52 bits per heavy atom. The number of piperidine rings is 1. The summed E-state index contributed by atoms with van der Waals surface area (Å²) >= 11 is 0. The normalized spacial score (nSPS) is 16.5. The van der Waals surface area contributed by atoms with E-state index < -0.39 is 10.0 Å². The highest BCUT2D eigenvalue weighted by Crippen LogP contribution is 2.23. The molecule has 0 spiro atoms. The summed E-state index contributed by atoms with van der Waals surface area (Å²) < 4.78 is 31.3. The van der Waals surface area contributed by atoms with Crippen molar-refractivity contribution < 1.29 is 17.9 Å². The van der Waals surface area contributed by atoms with Gasteiger partial charge in [0, 0.05) is 19.1 Å². The van der Waals surface area contributed by atoms with E-state index in [2.05, 4.69) is 19.2 Å². The van der Waals surface area contributed by atoms with Crippen LogP contribution in [0.4, 0.5) is 0 Å². The van der Waals surface area contributed by atoms with E-state index in [9.17, 15) is 13.2 Å². The van der Waals surface area contributed by atoms with Gasteiger partial charge in [-0.3, -0.25) is 4.79 Å². The van der Waals surface area contributed by atoms with Crippen LogP contribution >= 0.6 is 0 Å². The molecule has 0 atom stereocenters. The van der Waals surface area contributed by atoms with E-state index in [1.54, 1.807) is 0 Å². The first-order chi connectivity index (χ1) is 12.7. The highest BCUT2D eigenvalue weighted by Gasteiger charge is 2.27. The molecule has 0 saturated carbocycles. The summed E-state index contributed by atoms with van der Waals surface area (Å²) in [4.78, 5) is 12.2. The van der Waals surface area contributed by atoms with Crippen LogP contribution in [0.5, 0.6) is 5.75 Å². The minimum atomic E-state index is -3.15. The Hall–Kier alpha value is -1.60. The topological polar surface area (TPSA) is 75.7 Å². The van der Waals surface area contributed by atoms with Crippen LogP contribution in [0.3, 0.4) is 0 Å². The number of nitrogens with one attached hydrogen (secondary N) is 1. The van der Waals surface area contributed by atoms with Crippen LogP contribution < -0.4 is 10.1 Å². The summed E-state index contributed by atoms with van der Waals surface area (Å²) in [5.41, 5.74) is 2.43. The molecule has 152 valence electrons. The maximum atomic E-state index is 12.2. The minimum Gasteiger partial charge on any atom is -0.484 e. The fourth-order valence-electron chi connectivity index (χ4n) is 3.47. The quantitative estimate of drug-likeness (QED) is 0.733. The molecule has 1 aliphatic heterocycles. The van der Waals surface area contributed by atoms with Crippen molar-refractivity contribution in [2.24, 2.45) is 0 Å². The molecule has 1 aliphatic rings. The summed E-state index contributed by atoms with van der Waals surface area (Å²) in [6.07, 6.45) is 1.89. The summed E-state index contributed by atoms with van der Waals surface area (Å²) in [7, 11) is -3.15. The van der Waals surface area contributed by atoms with Gasteiger partial charge < -0.3 is 10.1 Å². The van der Waals surface area contributed by atoms with Crippen molar-refractivity contribution in [2.75, 3.05) is 25.4 Å². The average molecular weight is 397 g/mol. The Morgan fingerprint density at radius 2 is 1.96 bits per heavy atom. The van der Waals surface area contributed by atoms with Gasteiger partial charge in [-0.05, 0) is 55.4 Å². The van der Waals surface area contributed by atoms with Crippen LogP contribution in [0.15, 0.2) is 18.2 Å². The zero-order chi connectivity index (χ0) is 20.0. The lowest BCUT2D eigenvalue weighted by Gasteiger charge is -2.31. The van der Waals surface area contributed by atoms with Crippen molar-refractivity contribution in [3.8, 4) is 5.75 Å². The van der Waals surface area contributed by atoms with Crippen molar-refractivity contribution >= 4 is 15.9 Å². The number of sulfonamides is 1. The zero-order valence-corrected chi connectivity index (χ0v) is 17.6. The van der Waals surface area contributed by atoms with Crippen molar-refractivity contribution in [2.45, 2.75) is 58.9 Å². The lowest BCUT2D eigenvalue weighted by molar-refractivity contribution is -0.124. The predicted octanol–water partition coefficient (Wildman–Crippen LogP) is 2.82. The Balaban J connectivity index is 1.78. The molecule has 27 heavy (non-hydrogen) atoms. The van der Waals surface area contributed by atoms with E-state index in [4.69, 9.17) is 4.74 Å². The highest BCUT2D eigenvalue weighted by atomic mass is 32.2. The van der Waals surface area contributed by atoms with Gasteiger partial charge in [0.05, 0.1) is 5.75 Å². The van der Waals surface area contributed by atoms with E-state index in [0.717, 1.165) is 5.56 Å². The zero-order valence-electron chi connectivity index (χ0n) is 16.8. The predicted molar refractivity (Wildman–Crippen MR) is 108 cm³/mol. The molecule has 0 radical (unpaired) electrons. The second-order valence-electron chi connectivity index (χ2n) is 7.52. The van der Waals surface area contributed by atoms with Gasteiger partial charge in [-0.15, -0.1) is 0 Å². The van der Waals surface area contributed by atoms with Gasteiger partial charge in [-0.1, -0.05) is 26.8 Å². The van der Waals surface area contributed by atoms with Crippen molar-refractivity contribution in [3.05, 3.63) is 29.3 Å². The number of hydrogen-bond donors (Lipinski definition) is 1. The molecule has 2 rings (SSSR count). The van der Waals surface area contributed by atoms with Crippen LogP contribution in [-0.2, 0) is 14.8 Å². The Morgan fingerprint density at radius 1 is 1.30 bits per heavy atom. The summed E-state index contributed by atoms with van der Waals surface area (Å²) in [5.74, 6) is 1.16. The first-order valence-electron chi connectivity index (χ1n) is 9.73. The van der Waals surface area contributed by atoms with Crippen LogP contribution in [0.2, 0.25) is 0 Å². The summed E-state index contributed by atoms with van der Waals surface area (Å²) in [5, 5.41) is 2.95. The molecule has 7 heteroatoms. The van der Waals surface area contributed by atoms with Crippen LogP contribution in [0.1, 0.15) is 57.1 Å². The highest BCUT2D eigenvalue weighted by molar-refractivity contribution is 7.89. The third-order valence-electron chi connectivity index (χ3n) is 4.91. The van der Waals surface area contributed by atoms with Gasteiger partial charge in [0.25, 0.3) is 5.91 Å². The fraction of sp³-hybridized carbons (Fsp3) is 0.650. The van der Waals surface area contributed by atoms with Crippen LogP contribution in [-0.4, -0.2) is 50.1 Å². The molecule has 0 aromatic heterocycles. The molecule has 1 saturated heterocycles. The van der Waals surface area contributed by atoms with Gasteiger partial charge >= 0.3 is 0 Å². The molecule has 1 aromatic carbocycles. The van der Waals surface area contributed by atoms with Gasteiger partial charge in [-0.2, -0.15) is 0 Å². The number of ether oxygens (including phenoxy) is 1. The van der Waals surface area contributed by atoms with E-state index in [1.807, 2.05) is 32.0 Å². The average Bonchev–Trinajstić information content (AvgIpc) is 2.60. The molecular weight excluding hydrogens is 364 g/mol. The van der Waals surface area contributed by atoms with Crippen LogP contribution in [0, 0.1) is 6.92 Å². The van der Waals surface area contributed by atoms with E-state index >= 15 is 0 Å². The van der Waals surface area contributed by atoms with Crippen molar-refractivity contribution in [1.29, 1.82) is 0 Å². The maximum absolute atomic E-state index is 12.2. The largest absolute Gasteiger partial charge is 0.484 e. The number of amides is 1. The molecule has 1 N–H and O–H groups in total. The Labute approximate surface area is 163 Å². The van der Waals surface area contributed by atoms with E-state index in [0.29, 0.717) is 44.0 Å². The molecule has 1 aromatic rings. The summed E-state index contributed by atoms with van der Waals surface area (Å²) in [6.45, 7) is 9.10. The molecule has 0 unspecified atom stereocenters. The van der Waals surface area contributed by atoms with Crippen molar-refractivity contribution in [3.63, 3.8) is 0 Å². The number of rotatable bonds is 8. The minimum absolute atomic E-state index is 0.000713. The summed E-state index contributed by atoms with van der Waals surface area (Å²) in [6, 6.07) is 5.89. The number of carbonyl (C=O) groups excluding carboxylic acids is 1. The lowest BCUT2D eigenvalue weighted by Crippen LogP contribution is -2.47. The standard InChI is InChI=1S/C20H32N2O4S/c1-5-12-27(24,25)22-10-8-17(9-11-22)21-20(23)14-26-18-6-7-19(15(2)3)16(4)13-18/h6-7,13,15,17H,5,8-12,14H2,1-4H3,(H,21,23). The monoisotopic (exact) mass is 396 g/mol. The van der Waals surface area contributed by atoms with Gasteiger partial charge in [0.2, 0.25) is 10.0 Å². The van der Waals surface area contributed by atoms with Crippen LogP contribution in [0.25, 0.3) is 0 Å². The number of hydrogen-bond acceptors (Lipinski definition) is 4. The Bertz CT molecular complexity index is 738. The molecule has 0 aliphatic carbocycles. The van der Waals surface area contributed by atoms with E-state index in [-0.39, 0.29) is 24.3 Å². The van der Waals surface area contributed by atoms with Gasteiger partial charge in [0.15, 0.2) is 6.61 Å². The molecular formula is C20H32N2O4S. The fourth-order valence-corrected chi connectivity index (χ4v) is 5.01. The third kappa shape index (κ3) is 6.21. The smallest absolute Gasteiger partial charge is 0.258 e. The molecule has 1 fully saturated rings. The molecule has 0 bridgehead atoms. The molecule has 1 heterocycles. The number of nitrogens with zero attached hydrogens (tertiary/aromatic N) is 1. The first kappa shape index (κ1) is 21.7. The lowest BCUT2D eigenvalue weighted by atomic mass is 9.98. The first-order valence-corrected chi connectivity index (χ1v) is 11.3. The Kier molecular flexibility index (Phi) is 7.68. The third-order valence-corrected chi connectivity index (χ3v) is 6.98. The second kappa shape index (κ2) is 9.55. The van der Waals surface area contributed by atoms with Gasteiger partial charge in [0.1, 0.15) is 5.75 Å². The number of aryl methyl sites for hydroxylation is 1. The molecule has 6 nitrogen and oxygen atoms in total. The second-order valence-corrected chi connectivity index (χ2v) is 9.61. The molecule has 1 amide bonds. The maximum Gasteiger partial charge on any atom is 0.258 e. The van der Waals surface area contributed by atoms with Gasteiger partial charge in [-0.25, -0.2) is 12.7 Å². The SMILES string of the molecule is CCCS(=O)(=O)N1CCC(NC(=O)COc2ccc(C(C)C)c(C)c2)CC1. The number of carbonyl (C=O) groups is 1.